The van der Waals surface area contributed by atoms with E-state index in [-0.39, 0.29) is 6.61 Å². The molecule has 0 aliphatic carbocycles. The Labute approximate surface area is 96.9 Å². The molecular formula is C12H20N2O2. The van der Waals surface area contributed by atoms with Crippen LogP contribution in [0.2, 0.25) is 0 Å². The Morgan fingerprint density at radius 3 is 2.81 bits per heavy atom. The predicted molar refractivity (Wildman–Crippen MR) is 63.2 cm³/mol. The van der Waals surface area contributed by atoms with E-state index in [0.717, 1.165) is 18.7 Å². The highest BCUT2D eigenvalue weighted by molar-refractivity contribution is 5.16. The summed E-state index contributed by atoms with van der Waals surface area (Å²) < 4.78 is 5.04. The van der Waals surface area contributed by atoms with Gasteiger partial charge in [0.2, 0.25) is 0 Å². The van der Waals surface area contributed by atoms with E-state index in [0.29, 0.717) is 13.2 Å². The number of aromatic nitrogens is 1. The van der Waals surface area contributed by atoms with Gasteiger partial charge in [0.25, 0.3) is 0 Å². The van der Waals surface area contributed by atoms with Gasteiger partial charge in [-0.05, 0) is 18.1 Å². The second-order valence-corrected chi connectivity index (χ2v) is 3.86. The zero-order valence-electron chi connectivity index (χ0n) is 10.0. The Kier molecular flexibility index (Phi) is 6.00. The molecule has 1 heterocycles. The third-order valence-corrected chi connectivity index (χ3v) is 2.37. The van der Waals surface area contributed by atoms with Gasteiger partial charge in [0.05, 0.1) is 13.2 Å². The van der Waals surface area contributed by atoms with Crippen molar-refractivity contribution < 1.29 is 9.84 Å². The van der Waals surface area contributed by atoms with Crippen molar-refractivity contribution >= 4 is 0 Å². The summed E-state index contributed by atoms with van der Waals surface area (Å²) in [5.74, 6) is 0. The van der Waals surface area contributed by atoms with E-state index in [1.165, 1.54) is 5.56 Å². The molecule has 0 saturated heterocycles. The summed E-state index contributed by atoms with van der Waals surface area (Å²) in [5.41, 5.74) is 2.33. The van der Waals surface area contributed by atoms with Crippen LogP contribution >= 0.6 is 0 Å². The fraction of sp³-hybridized carbons (Fsp3) is 0.583. The van der Waals surface area contributed by atoms with Crippen LogP contribution in [0.1, 0.15) is 11.1 Å². The van der Waals surface area contributed by atoms with Crippen LogP contribution in [0.4, 0.5) is 0 Å². The number of pyridine rings is 1. The fourth-order valence-corrected chi connectivity index (χ4v) is 1.59. The summed E-state index contributed by atoms with van der Waals surface area (Å²) in [5, 5.41) is 8.97. The van der Waals surface area contributed by atoms with Gasteiger partial charge in [0, 0.05) is 39.1 Å². The van der Waals surface area contributed by atoms with Gasteiger partial charge in [-0.25, -0.2) is 0 Å². The molecule has 1 N–H and O–H groups in total. The molecule has 16 heavy (non-hydrogen) atoms. The molecule has 0 aliphatic heterocycles. The quantitative estimate of drug-likeness (QED) is 0.745. The molecule has 0 bridgehead atoms. The maximum Gasteiger partial charge on any atom is 0.0589 e. The number of aliphatic hydroxyl groups excluding tert-OH is 1. The molecule has 0 saturated carbocycles. The molecule has 0 atom stereocenters. The molecule has 4 heteroatoms. The molecule has 0 aromatic carbocycles. The van der Waals surface area contributed by atoms with E-state index in [1.807, 2.05) is 19.3 Å². The van der Waals surface area contributed by atoms with Crippen molar-refractivity contribution in [3.63, 3.8) is 0 Å². The van der Waals surface area contributed by atoms with Crippen molar-refractivity contribution in [1.29, 1.82) is 0 Å². The van der Waals surface area contributed by atoms with Crippen LogP contribution in [0, 0.1) is 6.92 Å². The van der Waals surface area contributed by atoms with Crippen LogP contribution in [0.3, 0.4) is 0 Å². The minimum atomic E-state index is 0.170. The number of hydrogen-bond acceptors (Lipinski definition) is 4. The Hall–Kier alpha value is -0.970. The van der Waals surface area contributed by atoms with Crippen molar-refractivity contribution in [2.45, 2.75) is 13.5 Å². The van der Waals surface area contributed by atoms with Crippen LogP contribution in [0.25, 0.3) is 0 Å². The average molecular weight is 224 g/mol. The zero-order valence-corrected chi connectivity index (χ0v) is 10.0. The smallest absolute Gasteiger partial charge is 0.0589 e. The third kappa shape index (κ3) is 4.70. The molecule has 0 aliphatic rings. The summed E-state index contributed by atoms with van der Waals surface area (Å²) in [4.78, 5) is 6.31. The second kappa shape index (κ2) is 7.33. The maximum absolute atomic E-state index is 8.97. The lowest BCUT2D eigenvalue weighted by molar-refractivity contribution is 0.127. The van der Waals surface area contributed by atoms with Crippen molar-refractivity contribution in [3.05, 3.63) is 29.6 Å². The fourth-order valence-electron chi connectivity index (χ4n) is 1.59. The second-order valence-electron chi connectivity index (χ2n) is 3.86. The number of rotatable bonds is 7. The average Bonchev–Trinajstić information content (AvgIpc) is 2.26. The van der Waals surface area contributed by atoms with Crippen LogP contribution in [0.15, 0.2) is 18.5 Å². The Balaban J connectivity index is 2.52. The van der Waals surface area contributed by atoms with Crippen molar-refractivity contribution in [3.8, 4) is 0 Å². The van der Waals surface area contributed by atoms with Crippen LogP contribution < -0.4 is 0 Å². The van der Waals surface area contributed by atoms with Gasteiger partial charge in [0.1, 0.15) is 0 Å². The lowest BCUT2D eigenvalue weighted by Gasteiger charge is -2.20. The molecule has 4 nitrogen and oxygen atoms in total. The first-order valence-corrected chi connectivity index (χ1v) is 5.49. The maximum atomic E-state index is 8.97. The monoisotopic (exact) mass is 224 g/mol. The number of aliphatic hydroxyl groups is 1. The lowest BCUT2D eigenvalue weighted by atomic mass is 10.2. The van der Waals surface area contributed by atoms with Crippen molar-refractivity contribution in [2.75, 3.05) is 33.4 Å². The summed E-state index contributed by atoms with van der Waals surface area (Å²) in [6.07, 6.45) is 3.71. The molecule has 0 spiro atoms. The molecule has 1 aromatic rings. The molecule has 0 radical (unpaired) electrons. The lowest BCUT2D eigenvalue weighted by Crippen LogP contribution is -2.29. The number of hydrogen-bond donors (Lipinski definition) is 1. The summed E-state index contributed by atoms with van der Waals surface area (Å²) in [7, 11) is 1.69. The van der Waals surface area contributed by atoms with Gasteiger partial charge in [-0.15, -0.1) is 0 Å². The van der Waals surface area contributed by atoms with E-state index in [9.17, 15) is 0 Å². The topological polar surface area (TPSA) is 45.6 Å². The molecule has 1 rings (SSSR count). The van der Waals surface area contributed by atoms with Gasteiger partial charge in [-0.3, -0.25) is 9.88 Å². The molecule has 0 unspecified atom stereocenters. The Bertz CT molecular complexity index is 305. The molecule has 0 fully saturated rings. The molecule has 90 valence electrons. The number of methoxy groups -OCH3 is 1. The number of nitrogens with zero attached hydrogens (tertiary/aromatic N) is 2. The SMILES string of the molecule is COCCN(CCO)Cc1cncc(C)c1. The Morgan fingerprint density at radius 1 is 1.38 bits per heavy atom. The van der Waals surface area contributed by atoms with Gasteiger partial charge in [0.15, 0.2) is 0 Å². The van der Waals surface area contributed by atoms with Crippen molar-refractivity contribution in [2.24, 2.45) is 0 Å². The minimum Gasteiger partial charge on any atom is -0.395 e. The van der Waals surface area contributed by atoms with E-state index < -0.39 is 0 Å². The van der Waals surface area contributed by atoms with Crippen molar-refractivity contribution in [1.82, 2.24) is 9.88 Å². The Morgan fingerprint density at radius 2 is 2.19 bits per heavy atom. The number of ether oxygens (including phenoxy) is 1. The third-order valence-electron chi connectivity index (χ3n) is 2.37. The van der Waals surface area contributed by atoms with E-state index in [4.69, 9.17) is 9.84 Å². The van der Waals surface area contributed by atoms with E-state index in [1.54, 1.807) is 7.11 Å². The van der Waals surface area contributed by atoms with E-state index in [2.05, 4.69) is 16.0 Å². The molecule has 1 aromatic heterocycles. The molecule has 0 amide bonds. The van der Waals surface area contributed by atoms with Crippen LogP contribution in [0.5, 0.6) is 0 Å². The molecular weight excluding hydrogens is 204 g/mol. The van der Waals surface area contributed by atoms with Gasteiger partial charge in [-0.1, -0.05) is 6.07 Å². The highest BCUT2D eigenvalue weighted by atomic mass is 16.5. The minimum absolute atomic E-state index is 0.170. The predicted octanol–water partition coefficient (Wildman–Crippen LogP) is 0.831. The zero-order chi connectivity index (χ0) is 11.8. The van der Waals surface area contributed by atoms with Crippen LogP contribution in [-0.2, 0) is 11.3 Å². The normalized spacial score (nSPS) is 11.0. The summed E-state index contributed by atoms with van der Waals surface area (Å²) in [6.45, 7) is 5.17. The van der Waals surface area contributed by atoms with E-state index >= 15 is 0 Å². The van der Waals surface area contributed by atoms with Gasteiger partial charge >= 0.3 is 0 Å². The standard InChI is InChI=1S/C12H20N2O2/c1-11-7-12(9-13-8-11)10-14(3-5-15)4-6-16-2/h7-9,15H,3-6,10H2,1-2H3. The van der Waals surface area contributed by atoms with Crippen LogP contribution in [-0.4, -0.2) is 48.4 Å². The first-order chi connectivity index (χ1) is 7.76. The van der Waals surface area contributed by atoms with Gasteiger partial charge < -0.3 is 9.84 Å². The first kappa shape index (κ1) is 13.1. The van der Waals surface area contributed by atoms with Gasteiger partial charge in [-0.2, -0.15) is 0 Å². The summed E-state index contributed by atoms with van der Waals surface area (Å²) >= 11 is 0. The highest BCUT2D eigenvalue weighted by Gasteiger charge is 2.05. The number of aryl methyl sites for hydroxylation is 1. The first-order valence-electron chi connectivity index (χ1n) is 5.49. The highest BCUT2D eigenvalue weighted by Crippen LogP contribution is 2.05. The summed E-state index contributed by atoms with van der Waals surface area (Å²) in [6, 6.07) is 2.12. The largest absolute Gasteiger partial charge is 0.395 e.